The van der Waals surface area contributed by atoms with Crippen molar-refractivity contribution in [1.82, 2.24) is 24.6 Å². The molecule has 0 spiro atoms. The van der Waals surface area contributed by atoms with Crippen LogP contribution in [0.5, 0.6) is 5.88 Å². The van der Waals surface area contributed by atoms with Crippen LogP contribution in [0.2, 0.25) is 0 Å². The van der Waals surface area contributed by atoms with Crippen molar-refractivity contribution in [3.63, 3.8) is 0 Å². The monoisotopic (exact) mass is 491 g/mol. The number of urea groups is 1. The highest BCUT2D eigenvalue weighted by Gasteiger charge is 2.36. The molecular weight excluding hydrogens is 458 g/mol. The topological polar surface area (TPSA) is 130 Å². The van der Waals surface area contributed by atoms with E-state index in [1.165, 1.54) is 11.4 Å². The van der Waals surface area contributed by atoms with E-state index in [2.05, 4.69) is 32.5 Å². The molecule has 3 aliphatic rings. The van der Waals surface area contributed by atoms with Gasteiger partial charge >= 0.3 is 16.2 Å². The Balaban J connectivity index is 1.15. The molecule has 3 atom stereocenters. The highest BCUT2D eigenvalue weighted by Crippen LogP contribution is 2.42. The van der Waals surface area contributed by atoms with Gasteiger partial charge in [0.05, 0.1) is 7.11 Å². The lowest BCUT2D eigenvalue weighted by molar-refractivity contribution is 0.0946. The van der Waals surface area contributed by atoms with E-state index in [1.54, 1.807) is 18.3 Å². The molecule has 34 heavy (non-hydrogen) atoms. The maximum atomic E-state index is 12.6. The number of ether oxygens (including phenoxy) is 1. The van der Waals surface area contributed by atoms with Gasteiger partial charge in [-0.25, -0.2) is 14.5 Å². The Kier molecular flexibility index (Phi) is 7.72. The SMILES string of the molecule is COc1ncccc1C(=O)NCCC1CCN(S(=O)(=O)NC(=O)NC[C@@H]2C[C@@H]3C=C[C@@H]2C3)CC1. The summed E-state index contributed by atoms with van der Waals surface area (Å²) in [4.78, 5) is 28.6. The first-order valence-electron chi connectivity index (χ1n) is 11.9. The van der Waals surface area contributed by atoms with Gasteiger partial charge in [-0.1, -0.05) is 12.2 Å². The molecule has 1 aromatic heterocycles. The molecule has 3 N–H and O–H groups in total. The fraction of sp³-hybridized carbons (Fsp3) is 0.609. The third-order valence-corrected chi connectivity index (χ3v) is 8.61. The number of aromatic nitrogens is 1. The molecule has 2 heterocycles. The van der Waals surface area contributed by atoms with Crippen LogP contribution in [0.25, 0.3) is 0 Å². The second-order valence-electron chi connectivity index (χ2n) is 9.30. The van der Waals surface area contributed by atoms with Gasteiger partial charge in [-0.3, -0.25) is 4.79 Å². The molecule has 1 aromatic rings. The van der Waals surface area contributed by atoms with Crippen molar-refractivity contribution in [2.45, 2.75) is 32.1 Å². The summed E-state index contributed by atoms with van der Waals surface area (Å²) in [6.07, 6.45) is 10.3. The van der Waals surface area contributed by atoms with Gasteiger partial charge in [0.1, 0.15) is 5.56 Å². The van der Waals surface area contributed by atoms with Crippen molar-refractivity contribution < 1.29 is 22.7 Å². The van der Waals surface area contributed by atoms with Crippen molar-refractivity contribution >= 4 is 22.1 Å². The highest BCUT2D eigenvalue weighted by molar-refractivity contribution is 7.87. The van der Waals surface area contributed by atoms with Crippen LogP contribution in [-0.4, -0.2) is 62.9 Å². The molecular formula is C23H33N5O5S. The fourth-order valence-corrected chi connectivity index (χ4v) is 6.35. The molecule has 3 amide bonds. The number of allylic oxidation sites excluding steroid dienone is 2. The molecule has 2 bridgehead atoms. The van der Waals surface area contributed by atoms with Crippen molar-refractivity contribution in [3.8, 4) is 5.88 Å². The standard InChI is InChI=1S/C23H33N5O5S/c1-33-22-20(3-2-9-25-22)21(29)24-10-6-16-7-11-28(12-8-16)34(31,32)27-23(30)26-15-19-14-17-4-5-18(19)13-17/h2-5,9,16-19H,6-8,10-15H2,1H3,(H,24,29)(H2,26,27,30)/t17-,18-,19+/m1/s1. The number of nitrogens with zero attached hydrogens (tertiary/aromatic N) is 2. The number of methoxy groups -OCH3 is 1. The Morgan fingerprint density at radius 3 is 2.65 bits per heavy atom. The van der Waals surface area contributed by atoms with Crippen molar-refractivity contribution in [3.05, 3.63) is 36.0 Å². The first-order valence-corrected chi connectivity index (χ1v) is 13.3. The van der Waals surface area contributed by atoms with Gasteiger partial charge in [-0.2, -0.15) is 12.7 Å². The first-order chi connectivity index (χ1) is 16.4. The number of pyridine rings is 1. The minimum atomic E-state index is -3.87. The van der Waals surface area contributed by atoms with Crippen LogP contribution in [0.15, 0.2) is 30.5 Å². The van der Waals surface area contributed by atoms with Crippen molar-refractivity contribution in [2.75, 3.05) is 33.3 Å². The maximum absolute atomic E-state index is 12.6. The molecule has 1 aliphatic heterocycles. The van der Waals surface area contributed by atoms with Gasteiger partial charge < -0.3 is 15.4 Å². The summed E-state index contributed by atoms with van der Waals surface area (Å²) in [5.41, 5.74) is 0.382. The smallest absolute Gasteiger partial charge is 0.329 e. The van der Waals surface area contributed by atoms with E-state index in [9.17, 15) is 18.0 Å². The fourth-order valence-electron chi connectivity index (χ4n) is 5.22. The second-order valence-corrected chi connectivity index (χ2v) is 11.0. The van der Waals surface area contributed by atoms with E-state index in [4.69, 9.17) is 4.74 Å². The van der Waals surface area contributed by atoms with Crippen LogP contribution in [0.1, 0.15) is 42.5 Å². The Bertz CT molecular complexity index is 1020. The minimum absolute atomic E-state index is 0.248. The number of piperidine rings is 1. The number of fused-ring (bicyclic) bond motifs is 2. The Hall–Kier alpha value is -2.66. The molecule has 4 rings (SSSR count). The van der Waals surface area contributed by atoms with E-state index in [1.807, 2.05) is 0 Å². The van der Waals surface area contributed by atoms with Crippen LogP contribution in [0.3, 0.4) is 0 Å². The third kappa shape index (κ3) is 5.87. The highest BCUT2D eigenvalue weighted by atomic mass is 32.2. The molecule has 1 saturated heterocycles. The van der Waals surface area contributed by atoms with Gasteiger partial charge in [0.15, 0.2) is 0 Å². The summed E-state index contributed by atoms with van der Waals surface area (Å²) < 4.78 is 33.8. The number of hydrogen-bond donors (Lipinski definition) is 3. The number of carbonyl (C=O) groups excluding carboxylic acids is 2. The molecule has 1 saturated carbocycles. The summed E-state index contributed by atoms with van der Waals surface area (Å²) in [6, 6.07) is 2.67. The second kappa shape index (κ2) is 10.7. The quantitative estimate of drug-likeness (QED) is 0.451. The number of rotatable bonds is 9. The molecule has 0 radical (unpaired) electrons. The van der Waals surface area contributed by atoms with Crippen LogP contribution in [-0.2, 0) is 10.2 Å². The number of carbonyl (C=O) groups is 2. The zero-order chi connectivity index (χ0) is 24.1. The molecule has 2 fully saturated rings. The Morgan fingerprint density at radius 2 is 1.97 bits per heavy atom. The van der Waals surface area contributed by atoms with Gasteiger partial charge in [0.2, 0.25) is 5.88 Å². The lowest BCUT2D eigenvalue weighted by Gasteiger charge is -2.31. The molecule has 11 heteroatoms. The van der Waals surface area contributed by atoms with E-state index < -0.39 is 16.2 Å². The summed E-state index contributed by atoms with van der Waals surface area (Å²) in [7, 11) is -2.40. The zero-order valence-corrected chi connectivity index (χ0v) is 20.2. The molecule has 186 valence electrons. The normalized spacial score (nSPS) is 24.7. The Labute approximate surface area is 200 Å². The lowest BCUT2D eigenvalue weighted by Crippen LogP contribution is -2.50. The largest absolute Gasteiger partial charge is 0.480 e. The lowest BCUT2D eigenvalue weighted by atomic mass is 9.94. The molecule has 0 aromatic carbocycles. The van der Waals surface area contributed by atoms with Crippen LogP contribution >= 0.6 is 0 Å². The number of nitrogens with one attached hydrogen (secondary N) is 3. The number of amides is 3. The Morgan fingerprint density at radius 1 is 1.18 bits per heavy atom. The van der Waals surface area contributed by atoms with Crippen LogP contribution < -0.4 is 20.1 Å². The van der Waals surface area contributed by atoms with E-state index in [-0.39, 0.29) is 11.8 Å². The average molecular weight is 492 g/mol. The summed E-state index contributed by atoms with van der Waals surface area (Å²) in [5, 5.41) is 5.61. The predicted octanol–water partition coefficient (Wildman–Crippen LogP) is 1.68. The van der Waals surface area contributed by atoms with E-state index in [0.717, 1.165) is 19.3 Å². The average Bonchev–Trinajstić information content (AvgIpc) is 3.46. The summed E-state index contributed by atoms with van der Waals surface area (Å²) in [6.45, 7) is 1.66. The molecule has 10 nitrogen and oxygen atoms in total. The number of hydrogen-bond acceptors (Lipinski definition) is 6. The molecule has 2 aliphatic carbocycles. The molecule has 0 unspecified atom stereocenters. The van der Waals surface area contributed by atoms with Gasteiger partial charge in [0.25, 0.3) is 5.91 Å². The van der Waals surface area contributed by atoms with Crippen molar-refractivity contribution in [2.24, 2.45) is 23.7 Å². The predicted molar refractivity (Wildman–Crippen MR) is 126 cm³/mol. The van der Waals surface area contributed by atoms with E-state index >= 15 is 0 Å². The third-order valence-electron chi connectivity index (χ3n) is 7.12. The first kappa shape index (κ1) is 24.5. The van der Waals surface area contributed by atoms with Crippen molar-refractivity contribution in [1.29, 1.82) is 0 Å². The van der Waals surface area contributed by atoms with Crippen LogP contribution in [0, 0.1) is 23.7 Å². The van der Waals surface area contributed by atoms with Gasteiger partial charge in [0, 0.05) is 32.4 Å². The summed E-state index contributed by atoms with van der Waals surface area (Å²) >= 11 is 0. The zero-order valence-electron chi connectivity index (χ0n) is 19.4. The van der Waals surface area contributed by atoms with Gasteiger partial charge in [-0.05, 0) is 67.9 Å². The maximum Gasteiger partial charge on any atom is 0.329 e. The van der Waals surface area contributed by atoms with Gasteiger partial charge in [-0.15, -0.1) is 0 Å². The van der Waals surface area contributed by atoms with E-state index in [0.29, 0.717) is 68.3 Å². The van der Waals surface area contributed by atoms with Crippen LogP contribution in [0.4, 0.5) is 4.79 Å². The minimum Gasteiger partial charge on any atom is -0.480 e. The summed E-state index contributed by atoms with van der Waals surface area (Å²) in [5.74, 6) is 1.82.